The van der Waals surface area contributed by atoms with E-state index in [9.17, 15) is 0 Å². The third kappa shape index (κ3) is 2.06. The van der Waals surface area contributed by atoms with Crippen LogP contribution >= 0.6 is 15.9 Å². The van der Waals surface area contributed by atoms with Crippen molar-refractivity contribution in [1.29, 1.82) is 0 Å². The quantitative estimate of drug-likeness (QED) is 0.853. The molecule has 3 heterocycles. The van der Waals surface area contributed by atoms with Crippen molar-refractivity contribution in [1.82, 2.24) is 15.1 Å². The maximum atomic E-state index is 5.40. The Morgan fingerprint density at radius 1 is 1.39 bits per heavy atom. The number of hydrogen-bond donors (Lipinski definition) is 0. The molecule has 6 heteroatoms. The molecule has 1 saturated heterocycles. The van der Waals surface area contributed by atoms with Gasteiger partial charge < -0.3 is 9.26 Å². The molecule has 0 spiro atoms. The molecular weight excluding hydrogens is 298 g/mol. The summed E-state index contributed by atoms with van der Waals surface area (Å²) < 4.78 is 11.7. The van der Waals surface area contributed by atoms with Crippen LogP contribution in [0, 0.1) is 0 Å². The van der Waals surface area contributed by atoms with E-state index in [0.717, 1.165) is 17.5 Å². The Hall–Kier alpha value is -1.27. The van der Waals surface area contributed by atoms with E-state index in [0.29, 0.717) is 24.0 Å². The first kappa shape index (κ1) is 11.8. The average molecular weight is 310 g/mol. The predicted octanol–water partition coefficient (Wildman–Crippen LogP) is 2.57. The highest BCUT2D eigenvalue weighted by Gasteiger charge is 2.37. The fourth-order valence-electron chi connectivity index (χ4n) is 1.92. The topological polar surface area (TPSA) is 61.0 Å². The normalized spacial score (nSPS) is 23.4. The van der Waals surface area contributed by atoms with E-state index >= 15 is 0 Å². The molecule has 1 aliphatic rings. The van der Waals surface area contributed by atoms with Crippen LogP contribution in [-0.2, 0) is 10.2 Å². The SMILES string of the molecule is CC1(c2nc(-c3ccc(Br)cn3)no2)CCOC1. The molecule has 0 saturated carbocycles. The summed E-state index contributed by atoms with van der Waals surface area (Å²) >= 11 is 3.34. The van der Waals surface area contributed by atoms with Crippen LogP contribution in [0.1, 0.15) is 19.2 Å². The van der Waals surface area contributed by atoms with Gasteiger partial charge in [0.2, 0.25) is 11.7 Å². The molecule has 0 amide bonds. The molecule has 2 aromatic heterocycles. The van der Waals surface area contributed by atoms with Gasteiger partial charge in [-0.1, -0.05) is 5.16 Å². The standard InChI is InChI=1S/C12H12BrN3O2/c1-12(4-5-17-7-12)11-15-10(16-18-11)9-3-2-8(13)6-14-9/h2-3,6H,4-5,7H2,1H3. The largest absolute Gasteiger partial charge is 0.380 e. The lowest BCUT2D eigenvalue weighted by Crippen LogP contribution is -2.22. The summed E-state index contributed by atoms with van der Waals surface area (Å²) in [6.45, 7) is 3.44. The van der Waals surface area contributed by atoms with Gasteiger partial charge >= 0.3 is 0 Å². The molecule has 1 unspecified atom stereocenters. The lowest BCUT2D eigenvalue weighted by Gasteiger charge is -2.14. The number of pyridine rings is 1. The lowest BCUT2D eigenvalue weighted by molar-refractivity contribution is 0.169. The van der Waals surface area contributed by atoms with Crippen molar-refractivity contribution in [2.24, 2.45) is 0 Å². The number of aromatic nitrogens is 3. The van der Waals surface area contributed by atoms with Crippen molar-refractivity contribution < 1.29 is 9.26 Å². The molecule has 94 valence electrons. The Morgan fingerprint density at radius 3 is 2.94 bits per heavy atom. The van der Waals surface area contributed by atoms with Gasteiger partial charge in [0.05, 0.1) is 12.0 Å². The first-order valence-corrected chi connectivity index (χ1v) is 6.51. The Labute approximate surface area is 113 Å². The van der Waals surface area contributed by atoms with Crippen LogP contribution in [0.2, 0.25) is 0 Å². The second-order valence-electron chi connectivity index (χ2n) is 4.65. The first-order valence-electron chi connectivity index (χ1n) is 5.71. The molecule has 0 aromatic carbocycles. The number of hydrogen-bond acceptors (Lipinski definition) is 5. The Bertz CT molecular complexity index is 547. The molecule has 1 fully saturated rings. The van der Waals surface area contributed by atoms with Gasteiger partial charge in [-0.2, -0.15) is 4.98 Å². The number of ether oxygens (including phenoxy) is 1. The van der Waals surface area contributed by atoms with Crippen LogP contribution in [-0.4, -0.2) is 28.3 Å². The zero-order valence-corrected chi connectivity index (χ0v) is 11.5. The summed E-state index contributed by atoms with van der Waals surface area (Å²) in [6.07, 6.45) is 2.62. The summed E-state index contributed by atoms with van der Waals surface area (Å²) in [5.41, 5.74) is 0.538. The minimum Gasteiger partial charge on any atom is -0.380 e. The summed E-state index contributed by atoms with van der Waals surface area (Å²) in [6, 6.07) is 3.75. The summed E-state index contributed by atoms with van der Waals surface area (Å²) in [7, 11) is 0. The van der Waals surface area contributed by atoms with Crippen molar-refractivity contribution in [3.05, 3.63) is 28.7 Å². The minimum absolute atomic E-state index is 0.166. The monoisotopic (exact) mass is 309 g/mol. The average Bonchev–Trinajstić information content (AvgIpc) is 2.99. The molecule has 1 aliphatic heterocycles. The van der Waals surface area contributed by atoms with E-state index in [2.05, 4.69) is 38.0 Å². The van der Waals surface area contributed by atoms with E-state index < -0.39 is 0 Å². The van der Waals surface area contributed by atoms with E-state index in [-0.39, 0.29) is 5.41 Å². The van der Waals surface area contributed by atoms with Crippen molar-refractivity contribution in [2.45, 2.75) is 18.8 Å². The molecule has 0 aliphatic carbocycles. The molecule has 0 N–H and O–H groups in total. The van der Waals surface area contributed by atoms with Crippen LogP contribution in [0.5, 0.6) is 0 Å². The van der Waals surface area contributed by atoms with E-state index in [1.54, 1.807) is 6.20 Å². The lowest BCUT2D eigenvalue weighted by atomic mass is 9.90. The third-order valence-corrected chi connectivity index (χ3v) is 3.59. The van der Waals surface area contributed by atoms with Crippen molar-refractivity contribution in [3.63, 3.8) is 0 Å². The maximum absolute atomic E-state index is 5.40. The van der Waals surface area contributed by atoms with Gasteiger partial charge in [0.15, 0.2) is 0 Å². The number of nitrogens with zero attached hydrogens (tertiary/aromatic N) is 3. The van der Waals surface area contributed by atoms with Crippen molar-refractivity contribution >= 4 is 15.9 Å². The van der Waals surface area contributed by atoms with Crippen LogP contribution in [0.4, 0.5) is 0 Å². The fraction of sp³-hybridized carbons (Fsp3) is 0.417. The highest BCUT2D eigenvalue weighted by molar-refractivity contribution is 9.10. The van der Waals surface area contributed by atoms with Crippen LogP contribution < -0.4 is 0 Å². The van der Waals surface area contributed by atoms with Gasteiger partial charge in [0, 0.05) is 17.3 Å². The third-order valence-electron chi connectivity index (χ3n) is 3.12. The molecule has 0 radical (unpaired) electrons. The van der Waals surface area contributed by atoms with Gasteiger partial charge in [-0.3, -0.25) is 4.98 Å². The predicted molar refractivity (Wildman–Crippen MR) is 68.0 cm³/mol. The summed E-state index contributed by atoms with van der Waals surface area (Å²) in [4.78, 5) is 8.68. The Morgan fingerprint density at radius 2 is 2.28 bits per heavy atom. The smallest absolute Gasteiger partial charge is 0.235 e. The minimum atomic E-state index is -0.166. The van der Waals surface area contributed by atoms with E-state index in [1.807, 2.05) is 12.1 Å². The second kappa shape index (κ2) is 4.44. The van der Waals surface area contributed by atoms with Crippen molar-refractivity contribution in [2.75, 3.05) is 13.2 Å². The summed E-state index contributed by atoms with van der Waals surface area (Å²) in [5, 5.41) is 3.99. The van der Waals surface area contributed by atoms with Gasteiger partial charge in [-0.05, 0) is 41.4 Å². The molecule has 0 bridgehead atoms. The van der Waals surface area contributed by atoms with E-state index in [4.69, 9.17) is 9.26 Å². The highest BCUT2D eigenvalue weighted by atomic mass is 79.9. The molecule has 1 atom stereocenters. The van der Waals surface area contributed by atoms with Crippen LogP contribution in [0.15, 0.2) is 27.3 Å². The van der Waals surface area contributed by atoms with Gasteiger partial charge in [-0.15, -0.1) is 0 Å². The second-order valence-corrected chi connectivity index (χ2v) is 5.56. The molecule has 18 heavy (non-hydrogen) atoms. The van der Waals surface area contributed by atoms with Gasteiger partial charge in [0.1, 0.15) is 5.69 Å². The fourth-order valence-corrected chi connectivity index (χ4v) is 2.15. The Kier molecular flexibility index (Phi) is 2.91. The van der Waals surface area contributed by atoms with E-state index in [1.165, 1.54) is 0 Å². The zero-order valence-electron chi connectivity index (χ0n) is 9.89. The summed E-state index contributed by atoms with van der Waals surface area (Å²) in [5.74, 6) is 1.14. The van der Waals surface area contributed by atoms with Gasteiger partial charge in [-0.25, -0.2) is 0 Å². The maximum Gasteiger partial charge on any atom is 0.235 e. The zero-order chi connectivity index (χ0) is 12.6. The Balaban J connectivity index is 1.91. The number of rotatable bonds is 2. The number of halogens is 1. The molecule has 2 aromatic rings. The molecule has 3 rings (SSSR count). The highest BCUT2D eigenvalue weighted by Crippen LogP contribution is 2.32. The first-order chi connectivity index (χ1) is 8.67. The van der Waals surface area contributed by atoms with Crippen LogP contribution in [0.3, 0.4) is 0 Å². The van der Waals surface area contributed by atoms with Crippen molar-refractivity contribution in [3.8, 4) is 11.5 Å². The molecular formula is C12H12BrN3O2. The van der Waals surface area contributed by atoms with Gasteiger partial charge in [0.25, 0.3) is 0 Å². The van der Waals surface area contributed by atoms with Crippen LogP contribution in [0.25, 0.3) is 11.5 Å². The molecule has 5 nitrogen and oxygen atoms in total.